The first-order chi connectivity index (χ1) is 15.6. The smallest absolute Gasteiger partial charge is 0.407 e. The maximum Gasteiger partial charge on any atom is 0.407 e. The van der Waals surface area contributed by atoms with Gasteiger partial charge in [-0.3, -0.25) is 0 Å². The highest BCUT2D eigenvalue weighted by Crippen LogP contribution is 2.44. The second kappa shape index (κ2) is 8.50. The van der Waals surface area contributed by atoms with Crippen molar-refractivity contribution >= 4 is 12.1 Å². The molecule has 0 heterocycles. The minimum Gasteiger partial charge on any atom is -0.480 e. The molecule has 0 bridgehead atoms. The van der Waals surface area contributed by atoms with Crippen LogP contribution >= 0.6 is 0 Å². The molecule has 0 aliphatic heterocycles. The Labute approximate surface area is 187 Å². The van der Waals surface area contributed by atoms with Crippen LogP contribution < -0.4 is 5.32 Å². The van der Waals surface area contributed by atoms with Crippen LogP contribution in [0.15, 0.2) is 72.8 Å². The molecular weight excluding hydrogens is 402 g/mol. The van der Waals surface area contributed by atoms with Gasteiger partial charge in [-0.05, 0) is 52.1 Å². The quantitative estimate of drug-likeness (QED) is 0.550. The summed E-state index contributed by atoms with van der Waals surface area (Å²) in [6, 6.07) is 23.1. The fourth-order valence-corrected chi connectivity index (χ4v) is 4.72. The van der Waals surface area contributed by atoms with Crippen LogP contribution in [-0.2, 0) is 16.0 Å². The number of hydrogen-bond acceptors (Lipinski definition) is 3. The summed E-state index contributed by atoms with van der Waals surface area (Å²) in [5.41, 5.74) is 6.70. The molecule has 3 aromatic rings. The summed E-state index contributed by atoms with van der Waals surface area (Å²) in [5, 5.41) is 12.3. The third kappa shape index (κ3) is 3.98. The fourth-order valence-electron chi connectivity index (χ4n) is 4.72. The predicted octanol–water partition coefficient (Wildman–Crippen LogP) is 5.10. The maximum absolute atomic E-state index is 12.6. The third-order valence-electron chi connectivity index (χ3n) is 6.43. The molecule has 1 atom stereocenters. The summed E-state index contributed by atoms with van der Waals surface area (Å²) >= 11 is 0. The first-order valence-corrected chi connectivity index (χ1v) is 11.0. The van der Waals surface area contributed by atoms with Crippen molar-refractivity contribution in [3.05, 3.63) is 95.1 Å². The van der Waals surface area contributed by atoms with E-state index in [1.165, 1.54) is 5.56 Å². The van der Waals surface area contributed by atoms with Gasteiger partial charge in [0.25, 0.3) is 0 Å². The van der Waals surface area contributed by atoms with Gasteiger partial charge in [0.1, 0.15) is 12.6 Å². The van der Waals surface area contributed by atoms with Gasteiger partial charge >= 0.3 is 12.1 Å². The SMILES string of the molecule is O=C(NC(Cc1ccccc1C1CC1)C(=O)O)OCC1c2ccccc2-c2ccccc21. The summed E-state index contributed by atoms with van der Waals surface area (Å²) in [6.07, 6.45) is 1.80. The van der Waals surface area contributed by atoms with Gasteiger partial charge in [0.2, 0.25) is 0 Å². The number of amides is 1. The molecule has 3 aromatic carbocycles. The number of benzene rings is 3. The van der Waals surface area contributed by atoms with Gasteiger partial charge in [-0.15, -0.1) is 0 Å². The van der Waals surface area contributed by atoms with E-state index >= 15 is 0 Å². The van der Waals surface area contributed by atoms with E-state index in [0.717, 1.165) is 40.7 Å². The Morgan fingerprint density at radius 2 is 1.44 bits per heavy atom. The van der Waals surface area contributed by atoms with Gasteiger partial charge in [-0.2, -0.15) is 0 Å². The van der Waals surface area contributed by atoms with E-state index in [-0.39, 0.29) is 18.9 Å². The molecule has 32 heavy (non-hydrogen) atoms. The number of carboxylic acid groups (broad SMARTS) is 1. The van der Waals surface area contributed by atoms with Gasteiger partial charge < -0.3 is 15.2 Å². The van der Waals surface area contributed by atoms with Gasteiger partial charge in [-0.1, -0.05) is 72.8 Å². The second-order valence-corrected chi connectivity index (χ2v) is 8.54. The minimum atomic E-state index is -1.07. The highest BCUT2D eigenvalue weighted by atomic mass is 16.5. The van der Waals surface area contributed by atoms with Crippen molar-refractivity contribution in [2.24, 2.45) is 0 Å². The zero-order valence-corrected chi connectivity index (χ0v) is 17.7. The number of aliphatic carboxylic acids is 1. The van der Waals surface area contributed by atoms with E-state index in [1.54, 1.807) is 0 Å². The molecule has 0 saturated heterocycles. The van der Waals surface area contributed by atoms with Gasteiger partial charge in [0.05, 0.1) is 0 Å². The zero-order chi connectivity index (χ0) is 22.1. The minimum absolute atomic E-state index is 0.0629. The van der Waals surface area contributed by atoms with Crippen LogP contribution in [0.5, 0.6) is 0 Å². The van der Waals surface area contributed by atoms with Crippen LogP contribution in [0.25, 0.3) is 11.1 Å². The van der Waals surface area contributed by atoms with E-state index in [1.807, 2.05) is 42.5 Å². The lowest BCUT2D eigenvalue weighted by atomic mass is 9.97. The molecule has 5 rings (SSSR count). The van der Waals surface area contributed by atoms with Crippen LogP contribution in [0.1, 0.15) is 46.9 Å². The number of carbonyl (C=O) groups is 2. The van der Waals surface area contributed by atoms with Gasteiger partial charge in [0, 0.05) is 12.3 Å². The number of nitrogens with one attached hydrogen (secondary N) is 1. The molecule has 0 spiro atoms. The molecule has 0 radical (unpaired) electrons. The number of hydrogen-bond donors (Lipinski definition) is 2. The molecule has 1 amide bonds. The average molecular weight is 428 g/mol. The van der Waals surface area contributed by atoms with Crippen LogP contribution in [0.3, 0.4) is 0 Å². The number of fused-ring (bicyclic) bond motifs is 3. The molecule has 1 unspecified atom stereocenters. The summed E-state index contributed by atoms with van der Waals surface area (Å²) < 4.78 is 5.53. The van der Waals surface area contributed by atoms with Crippen molar-refractivity contribution in [1.29, 1.82) is 0 Å². The molecule has 2 aliphatic carbocycles. The van der Waals surface area contributed by atoms with Gasteiger partial charge in [0.15, 0.2) is 0 Å². The van der Waals surface area contributed by atoms with E-state index < -0.39 is 18.1 Å². The number of ether oxygens (including phenoxy) is 1. The Morgan fingerprint density at radius 3 is 2.03 bits per heavy atom. The number of carboxylic acids is 1. The molecule has 2 aliphatic rings. The largest absolute Gasteiger partial charge is 0.480 e. The molecular formula is C27H25NO4. The predicted molar refractivity (Wildman–Crippen MR) is 122 cm³/mol. The summed E-state index contributed by atoms with van der Waals surface area (Å²) in [7, 11) is 0. The lowest BCUT2D eigenvalue weighted by molar-refractivity contribution is -0.139. The van der Waals surface area contributed by atoms with Crippen LogP contribution in [0.4, 0.5) is 4.79 Å². The monoisotopic (exact) mass is 427 g/mol. The summed E-state index contributed by atoms with van der Waals surface area (Å²) in [4.78, 5) is 24.4. The van der Waals surface area contributed by atoms with Crippen LogP contribution in [0, 0.1) is 0 Å². The van der Waals surface area contributed by atoms with Crippen LogP contribution in [-0.4, -0.2) is 29.8 Å². The van der Waals surface area contributed by atoms with Gasteiger partial charge in [-0.25, -0.2) is 9.59 Å². The Balaban J connectivity index is 1.27. The second-order valence-electron chi connectivity index (χ2n) is 8.54. The normalized spacial score (nSPS) is 15.5. The molecule has 1 fully saturated rings. The standard InChI is InChI=1S/C27H25NO4/c29-26(30)25(15-18-7-1-2-8-19(18)17-13-14-17)28-27(31)32-16-24-22-11-5-3-9-20(22)21-10-4-6-12-23(21)24/h1-12,17,24-25H,13-16H2,(H,28,31)(H,29,30). The van der Waals surface area contributed by atoms with Crippen molar-refractivity contribution in [3.8, 4) is 11.1 Å². The Bertz CT molecular complexity index is 1120. The maximum atomic E-state index is 12.6. The van der Waals surface area contributed by atoms with Crippen molar-refractivity contribution in [3.63, 3.8) is 0 Å². The molecule has 1 saturated carbocycles. The van der Waals surface area contributed by atoms with E-state index in [9.17, 15) is 14.7 Å². The molecule has 0 aromatic heterocycles. The van der Waals surface area contributed by atoms with Crippen molar-refractivity contribution in [2.75, 3.05) is 6.61 Å². The highest BCUT2D eigenvalue weighted by Gasteiger charge is 2.31. The Morgan fingerprint density at radius 1 is 0.875 bits per heavy atom. The van der Waals surface area contributed by atoms with Crippen molar-refractivity contribution in [1.82, 2.24) is 5.32 Å². The van der Waals surface area contributed by atoms with E-state index in [2.05, 4.69) is 35.6 Å². The number of alkyl carbamates (subject to hydrolysis) is 1. The average Bonchev–Trinajstić information content (AvgIpc) is 3.60. The lowest BCUT2D eigenvalue weighted by Gasteiger charge is -2.18. The molecule has 5 nitrogen and oxygen atoms in total. The first-order valence-electron chi connectivity index (χ1n) is 11.0. The fraction of sp³-hybridized carbons (Fsp3) is 0.259. The Kier molecular flexibility index (Phi) is 5.39. The lowest BCUT2D eigenvalue weighted by Crippen LogP contribution is -2.43. The van der Waals surface area contributed by atoms with E-state index in [0.29, 0.717) is 5.92 Å². The third-order valence-corrected chi connectivity index (χ3v) is 6.43. The zero-order valence-electron chi connectivity index (χ0n) is 17.7. The number of carbonyl (C=O) groups excluding carboxylic acids is 1. The summed E-state index contributed by atoms with van der Waals surface area (Å²) in [5.74, 6) is -0.619. The molecule has 2 N–H and O–H groups in total. The van der Waals surface area contributed by atoms with Crippen molar-refractivity contribution < 1.29 is 19.4 Å². The molecule has 5 heteroatoms. The molecule has 162 valence electrons. The van der Waals surface area contributed by atoms with Crippen molar-refractivity contribution in [2.45, 2.75) is 37.1 Å². The summed E-state index contributed by atoms with van der Waals surface area (Å²) in [6.45, 7) is 0.158. The Hall–Kier alpha value is -3.60. The van der Waals surface area contributed by atoms with Crippen LogP contribution in [0.2, 0.25) is 0 Å². The highest BCUT2D eigenvalue weighted by molar-refractivity contribution is 5.81. The topological polar surface area (TPSA) is 75.6 Å². The number of rotatable bonds is 7. The first kappa shape index (κ1) is 20.3. The van der Waals surface area contributed by atoms with E-state index in [4.69, 9.17) is 4.74 Å².